The van der Waals surface area contributed by atoms with Crippen molar-refractivity contribution in [1.29, 1.82) is 0 Å². The molecule has 11 heavy (non-hydrogen) atoms. The van der Waals surface area contributed by atoms with Gasteiger partial charge in [-0.05, 0) is 25.3 Å². The molecule has 0 unspecified atom stereocenters. The zero-order valence-electron chi connectivity index (χ0n) is 6.93. The van der Waals surface area contributed by atoms with Crippen molar-refractivity contribution in [3.8, 4) is 0 Å². The average Bonchev–Trinajstić information content (AvgIpc) is 2.55. The second-order valence-corrected chi connectivity index (χ2v) is 3.45. The molecule has 1 heterocycles. The van der Waals surface area contributed by atoms with E-state index >= 15 is 0 Å². The standard InChI is InChI=1S/C9H14N2/c1-7-6-10-11-9(7)8-4-2-3-5-8/h6,8H,2-5H2,1H3,(H,10,11). The van der Waals surface area contributed by atoms with Crippen molar-refractivity contribution in [3.63, 3.8) is 0 Å². The predicted molar refractivity (Wildman–Crippen MR) is 44.5 cm³/mol. The van der Waals surface area contributed by atoms with Crippen molar-refractivity contribution >= 4 is 0 Å². The fourth-order valence-corrected chi connectivity index (χ4v) is 1.98. The molecule has 0 saturated heterocycles. The Morgan fingerprint density at radius 2 is 2.18 bits per heavy atom. The first-order valence-electron chi connectivity index (χ1n) is 4.38. The fourth-order valence-electron chi connectivity index (χ4n) is 1.98. The van der Waals surface area contributed by atoms with E-state index in [1.165, 1.54) is 36.9 Å². The molecule has 0 spiro atoms. The van der Waals surface area contributed by atoms with E-state index in [0.717, 1.165) is 5.92 Å². The number of aryl methyl sites for hydroxylation is 1. The van der Waals surface area contributed by atoms with Gasteiger partial charge in [0.05, 0.1) is 6.20 Å². The summed E-state index contributed by atoms with van der Waals surface area (Å²) in [5, 5.41) is 7.14. The van der Waals surface area contributed by atoms with Gasteiger partial charge in [-0.15, -0.1) is 0 Å². The van der Waals surface area contributed by atoms with E-state index in [9.17, 15) is 0 Å². The Balaban J connectivity index is 2.21. The smallest absolute Gasteiger partial charge is 0.0519 e. The van der Waals surface area contributed by atoms with Crippen LogP contribution in [0.5, 0.6) is 0 Å². The maximum absolute atomic E-state index is 4.04. The highest BCUT2D eigenvalue weighted by Crippen LogP contribution is 2.33. The van der Waals surface area contributed by atoms with Crippen LogP contribution < -0.4 is 0 Å². The van der Waals surface area contributed by atoms with Crippen LogP contribution in [0.15, 0.2) is 6.20 Å². The van der Waals surface area contributed by atoms with Gasteiger partial charge in [-0.1, -0.05) is 12.8 Å². The normalized spacial score (nSPS) is 19.4. The number of nitrogens with zero attached hydrogens (tertiary/aromatic N) is 1. The van der Waals surface area contributed by atoms with Crippen molar-refractivity contribution in [2.75, 3.05) is 0 Å². The molecule has 2 rings (SSSR count). The minimum absolute atomic E-state index is 0.775. The molecular formula is C9H14N2. The molecule has 1 aromatic heterocycles. The molecule has 1 aliphatic rings. The van der Waals surface area contributed by atoms with E-state index in [1.807, 2.05) is 6.20 Å². The number of hydrogen-bond donors (Lipinski definition) is 1. The third kappa shape index (κ3) is 1.17. The first-order valence-corrected chi connectivity index (χ1v) is 4.38. The van der Waals surface area contributed by atoms with E-state index in [0.29, 0.717) is 0 Å². The molecule has 1 N–H and O–H groups in total. The molecule has 2 heteroatoms. The third-order valence-corrected chi connectivity index (χ3v) is 2.63. The predicted octanol–water partition coefficient (Wildman–Crippen LogP) is 2.38. The molecule has 1 fully saturated rings. The Morgan fingerprint density at radius 1 is 1.45 bits per heavy atom. The second kappa shape index (κ2) is 2.68. The molecule has 0 bridgehead atoms. The van der Waals surface area contributed by atoms with Gasteiger partial charge >= 0.3 is 0 Å². The summed E-state index contributed by atoms with van der Waals surface area (Å²) in [7, 11) is 0. The number of hydrogen-bond acceptors (Lipinski definition) is 1. The Hall–Kier alpha value is -0.790. The van der Waals surface area contributed by atoms with Gasteiger partial charge in [0.15, 0.2) is 0 Å². The van der Waals surface area contributed by atoms with E-state index in [1.54, 1.807) is 0 Å². The monoisotopic (exact) mass is 150 g/mol. The largest absolute Gasteiger partial charge is 0.282 e. The SMILES string of the molecule is Cc1cn[nH]c1C1CCCC1. The number of H-pyrrole nitrogens is 1. The molecular weight excluding hydrogens is 136 g/mol. The van der Waals surface area contributed by atoms with Crippen molar-refractivity contribution < 1.29 is 0 Å². The Kier molecular flexibility index (Phi) is 1.68. The summed E-state index contributed by atoms with van der Waals surface area (Å²) in [6.45, 7) is 2.14. The summed E-state index contributed by atoms with van der Waals surface area (Å²) < 4.78 is 0. The lowest BCUT2D eigenvalue weighted by molar-refractivity contribution is 0.688. The maximum Gasteiger partial charge on any atom is 0.0519 e. The van der Waals surface area contributed by atoms with Gasteiger partial charge in [0.1, 0.15) is 0 Å². The minimum atomic E-state index is 0.775. The highest BCUT2D eigenvalue weighted by molar-refractivity contribution is 5.19. The molecule has 1 aliphatic carbocycles. The molecule has 0 aliphatic heterocycles. The van der Waals surface area contributed by atoms with Crippen LogP contribution in [0.25, 0.3) is 0 Å². The van der Waals surface area contributed by atoms with Crippen molar-refractivity contribution in [1.82, 2.24) is 10.2 Å². The van der Waals surface area contributed by atoms with E-state index < -0.39 is 0 Å². The summed E-state index contributed by atoms with van der Waals surface area (Å²) in [4.78, 5) is 0. The number of rotatable bonds is 1. The molecule has 0 aromatic carbocycles. The maximum atomic E-state index is 4.04. The molecule has 0 amide bonds. The van der Waals surface area contributed by atoms with Crippen molar-refractivity contribution in [2.24, 2.45) is 0 Å². The van der Waals surface area contributed by atoms with Crippen LogP contribution in [0.1, 0.15) is 42.9 Å². The van der Waals surface area contributed by atoms with E-state index in [-0.39, 0.29) is 0 Å². The van der Waals surface area contributed by atoms with Crippen molar-refractivity contribution in [3.05, 3.63) is 17.5 Å². The zero-order valence-corrected chi connectivity index (χ0v) is 6.93. The lowest BCUT2D eigenvalue weighted by Crippen LogP contribution is -1.94. The first-order chi connectivity index (χ1) is 5.38. The van der Waals surface area contributed by atoms with Gasteiger partial charge in [-0.25, -0.2) is 0 Å². The van der Waals surface area contributed by atoms with Gasteiger partial charge in [0, 0.05) is 11.6 Å². The summed E-state index contributed by atoms with van der Waals surface area (Å²) in [6.07, 6.45) is 7.41. The van der Waals surface area contributed by atoms with Gasteiger partial charge < -0.3 is 0 Å². The quantitative estimate of drug-likeness (QED) is 0.654. The molecule has 1 saturated carbocycles. The van der Waals surface area contributed by atoms with Crippen LogP contribution in [0.4, 0.5) is 0 Å². The highest BCUT2D eigenvalue weighted by Gasteiger charge is 2.19. The Labute approximate surface area is 67.0 Å². The van der Waals surface area contributed by atoms with Gasteiger partial charge in [-0.3, -0.25) is 5.10 Å². The third-order valence-electron chi connectivity index (χ3n) is 2.63. The molecule has 0 atom stereocenters. The second-order valence-electron chi connectivity index (χ2n) is 3.45. The molecule has 1 aromatic rings. The lowest BCUT2D eigenvalue weighted by atomic mass is 10.0. The number of nitrogens with one attached hydrogen (secondary N) is 1. The Morgan fingerprint density at radius 3 is 2.73 bits per heavy atom. The highest BCUT2D eigenvalue weighted by atomic mass is 15.1. The van der Waals surface area contributed by atoms with E-state index in [2.05, 4.69) is 17.1 Å². The average molecular weight is 150 g/mol. The molecule has 2 nitrogen and oxygen atoms in total. The zero-order chi connectivity index (χ0) is 7.68. The van der Waals surface area contributed by atoms with Gasteiger partial charge in [0.2, 0.25) is 0 Å². The summed E-state index contributed by atoms with van der Waals surface area (Å²) in [5.41, 5.74) is 2.71. The van der Waals surface area contributed by atoms with Gasteiger partial charge in [-0.2, -0.15) is 5.10 Å². The minimum Gasteiger partial charge on any atom is -0.282 e. The van der Waals surface area contributed by atoms with Crippen LogP contribution in [0.3, 0.4) is 0 Å². The number of aromatic nitrogens is 2. The Bertz CT molecular complexity index is 233. The van der Waals surface area contributed by atoms with Crippen LogP contribution in [-0.4, -0.2) is 10.2 Å². The van der Waals surface area contributed by atoms with Crippen LogP contribution in [0, 0.1) is 6.92 Å². The summed E-state index contributed by atoms with van der Waals surface area (Å²) in [6, 6.07) is 0. The number of aromatic amines is 1. The first kappa shape index (κ1) is 6.89. The summed E-state index contributed by atoms with van der Waals surface area (Å²) in [5.74, 6) is 0.775. The van der Waals surface area contributed by atoms with Crippen LogP contribution >= 0.6 is 0 Å². The van der Waals surface area contributed by atoms with Crippen LogP contribution in [0.2, 0.25) is 0 Å². The molecule has 0 radical (unpaired) electrons. The molecule has 60 valence electrons. The lowest BCUT2D eigenvalue weighted by Gasteiger charge is -2.05. The van der Waals surface area contributed by atoms with Crippen LogP contribution in [-0.2, 0) is 0 Å². The summed E-state index contributed by atoms with van der Waals surface area (Å²) >= 11 is 0. The van der Waals surface area contributed by atoms with Gasteiger partial charge in [0.25, 0.3) is 0 Å². The fraction of sp³-hybridized carbons (Fsp3) is 0.667. The topological polar surface area (TPSA) is 28.7 Å². The van der Waals surface area contributed by atoms with E-state index in [4.69, 9.17) is 0 Å². The van der Waals surface area contributed by atoms with Crippen molar-refractivity contribution in [2.45, 2.75) is 38.5 Å².